The van der Waals surface area contributed by atoms with E-state index in [0.29, 0.717) is 23.7 Å². The second-order valence-electron chi connectivity index (χ2n) is 11.4. The molecule has 40 heavy (non-hydrogen) atoms. The average Bonchev–Trinajstić information content (AvgIpc) is 2.91. The number of anilines is 1. The van der Waals surface area contributed by atoms with Gasteiger partial charge in [0.2, 0.25) is 23.6 Å². The second-order valence-corrected chi connectivity index (χ2v) is 11.8. The number of amides is 4. The normalized spacial score (nSPS) is 15.6. The Kier molecular flexibility index (Phi) is 10.7. The number of benzene rings is 2. The summed E-state index contributed by atoms with van der Waals surface area (Å²) in [4.78, 5) is 53.9. The van der Waals surface area contributed by atoms with Crippen LogP contribution in [0, 0.1) is 12.3 Å². The molecule has 2 atom stereocenters. The van der Waals surface area contributed by atoms with E-state index >= 15 is 0 Å². The molecule has 1 aliphatic heterocycles. The quantitative estimate of drug-likeness (QED) is 0.348. The molecule has 5 N–H and O–H groups in total. The Hall–Kier alpha value is -3.43. The summed E-state index contributed by atoms with van der Waals surface area (Å²) in [7, 11) is 0. The van der Waals surface area contributed by atoms with Crippen molar-refractivity contribution in [2.75, 3.05) is 18.4 Å². The minimum atomic E-state index is -0.897. The minimum absolute atomic E-state index is 0.0233. The van der Waals surface area contributed by atoms with Crippen LogP contribution in [0.2, 0.25) is 5.02 Å². The van der Waals surface area contributed by atoms with Crippen molar-refractivity contribution in [2.24, 2.45) is 11.1 Å². The molecule has 3 rings (SSSR count). The van der Waals surface area contributed by atoms with E-state index in [-0.39, 0.29) is 49.6 Å². The SMILES string of the molecule is Cc1cc(NC(=O)[C@H](CCN)NC(=O)[C@@H]2Cc3ccccc3CN2C(=O)CCC(=O)NCC(C)(C)C)ccc1Cl. The first-order valence-electron chi connectivity index (χ1n) is 13.6. The Morgan fingerprint density at radius 2 is 1.77 bits per heavy atom. The first-order valence-corrected chi connectivity index (χ1v) is 14.0. The minimum Gasteiger partial charge on any atom is -0.356 e. The van der Waals surface area contributed by atoms with E-state index in [4.69, 9.17) is 17.3 Å². The molecule has 0 spiro atoms. The molecule has 0 unspecified atom stereocenters. The maximum Gasteiger partial charge on any atom is 0.246 e. The van der Waals surface area contributed by atoms with Crippen molar-refractivity contribution in [3.05, 3.63) is 64.2 Å². The Bertz CT molecular complexity index is 1240. The van der Waals surface area contributed by atoms with Gasteiger partial charge in [-0.15, -0.1) is 0 Å². The number of carbonyl (C=O) groups is 4. The number of rotatable bonds is 10. The molecular formula is C30H40ClN5O4. The Labute approximate surface area is 241 Å². The molecule has 0 bridgehead atoms. The van der Waals surface area contributed by atoms with E-state index in [0.717, 1.165) is 16.7 Å². The summed E-state index contributed by atoms with van der Waals surface area (Å²) in [5.41, 5.74) is 8.97. The first kappa shape index (κ1) is 31.1. The summed E-state index contributed by atoms with van der Waals surface area (Å²) in [5.74, 6) is -1.36. The third-order valence-corrected chi connectivity index (χ3v) is 7.19. The number of hydrogen-bond donors (Lipinski definition) is 4. The number of fused-ring (bicyclic) bond motifs is 1. The molecule has 216 valence electrons. The molecule has 4 amide bonds. The summed E-state index contributed by atoms with van der Waals surface area (Å²) in [6, 6.07) is 11.0. The van der Waals surface area contributed by atoms with Gasteiger partial charge >= 0.3 is 0 Å². The highest BCUT2D eigenvalue weighted by Gasteiger charge is 2.36. The van der Waals surface area contributed by atoms with Gasteiger partial charge in [0.25, 0.3) is 0 Å². The van der Waals surface area contributed by atoms with Gasteiger partial charge in [-0.05, 0) is 60.2 Å². The summed E-state index contributed by atoms with van der Waals surface area (Å²) in [5, 5.41) is 9.08. The molecule has 9 nitrogen and oxygen atoms in total. The fraction of sp³-hybridized carbons (Fsp3) is 0.467. The highest BCUT2D eigenvalue weighted by molar-refractivity contribution is 6.31. The molecule has 0 saturated heterocycles. The Morgan fingerprint density at radius 1 is 1.07 bits per heavy atom. The van der Waals surface area contributed by atoms with Gasteiger partial charge < -0.3 is 26.6 Å². The fourth-order valence-electron chi connectivity index (χ4n) is 4.49. The zero-order valence-electron chi connectivity index (χ0n) is 23.7. The molecule has 0 saturated carbocycles. The second kappa shape index (κ2) is 13.8. The zero-order chi connectivity index (χ0) is 29.4. The van der Waals surface area contributed by atoms with Crippen LogP contribution in [-0.2, 0) is 32.1 Å². The van der Waals surface area contributed by atoms with Crippen molar-refractivity contribution in [1.29, 1.82) is 0 Å². The van der Waals surface area contributed by atoms with E-state index < -0.39 is 23.9 Å². The van der Waals surface area contributed by atoms with E-state index in [9.17, 15) is 19.2 Å². The van der Waals surface area contributed by atoms with Gasteiger partial charge in [0.1, 0.15) is 12.1 Å². The lowest BCUT2D eigenvalue weighted by Gasteiger charge is -2.36. The van der Waals surface area contributed by atoms with Crippen LogP contribution in [0.5, 0.6) is 0 Å². The lowest BCUT2D eigenvalue weighted by atomic mass is 9.92. The van der Waals surface area contributed by atoms with Gasteiger partial charge in [0.05, 0.1) is 0 Å². The largest absolute Gasteiger partial charge is 0.356 e. The lowest BCUT2D eigenvalue weighted by Crippen LogP contribution is -2.56. The van der Waals surface area contributed by atoms with Crippen LogP contribution in [0.25, 0.3) is 0 Å². The van der Waals surface area contributed by atoms with Crippen molar-refractivity contribution in [2.45, 2.75) is 72.0 Å². The first-order chi connectivity index (χ1) is 18.9. The highest BCUT2D eigenvalue weighted by atomic mass is 35.5. The zero-order valence-corrected chi connectivity index (χ0v) is 24.4. The maximum atomic E-state index is 13.6. The van der Waals surface area contributed by atoms with Gasteiger partial charge in [0.15, 0.2) is 0 Å². The molecule has 1 heterocycles. The van der Waals surface area contributed by atoms with E-state index in [1.54, 1.807) is 18.2 Å². The predicted molar refractivity (Wildman–Crippen MR) is 157 cm³/mol. The number of carbonyl (C=O) groups excluding carboxylic acids is 4. The summed E-state index contributed by atoms with van der Waals surface area (Å²) in [6.07, 6.45) is 0.525. The van der Waals surface area contributed by atoms with Crippen molar-refractivity contribution in [1.82, 2.24) is 15.5 Å². The van der Waals surface area contributed by atoms with Gasteiger partial charge in [-0.25, -0.2) is 0 Å². The molecule has 0 fully saturated rings. The Morgan fingerprint density at radius 3 is 2.42 bits per heavy atom. The van der Waals surface area contributed by atoms with Crippen LogP contribution in [0.1, 0.15) is 56.7 Å². The van der Waals surface area contributed by atoms with E-state index in [1.807, 2.05) is 52.0 Å². The number of halogens is 1. The molecule has 0 aromatic heterocycles. The average molecular weight is 570 g/mol. The molecular weight excluding hydrogens is 530 g/mol. The van der Waals surface area contributed by atoms with Crippen LogP contribution in [0.4, 0.5) is 5.69 Å². The van der Waals surface area contributed by atoms with E-state index in [2.05, 4.69) is 16.0 Å². The van der Waals surface area contributed by atoms with Crippen molar-refractivity contribution in [3.63, 3.8) is 0 Å². The number of nitrogens with one attached hydrogen (secondary N) is 3. The predicted octanol–water partition coefficient (Wildman–Crippen LogP) is 3.32. The number of nitrogens with zero attached hydrogens (tertiary/aromatic N) is 1. The highest BCUT2D eigenvalue weighted by Crippen LogP contribution is 2.25. The molecule has 1 aliphatic rings. The smallest absolute Gasteiger partial charge is 0.246 e. The standard InChI is InChI=1S/C30H40ClN5O4/c1-19-15-22(9-10-23(19)31)34-28(39)24(13-14-32)35-29(40)25-16-20-7-5-6-8-21(20)17-36(25)27(38)12-11-26(37)33-18-30(2,3)4/h5-10,15,24-25H,11-14,16-18,32H2,1-4H3,(H,33,37)(H,34,39)(H,35,40)/t24-,25-/m0/s1. The van der Waals surface area contributed by atoms with Gasteiger partial charge in [-0.1, -0.05) is 56.6 Å². The molecule has 0 aliphatic carbocycles. The topological polar surface area (TPSA) is 134 Å². The van der Waals surface area contributed by atoms with Gasteiger partial charge in [-0.2, -0.15) is 0 Å². The summed E-state index contributed by atoms with van der Waals surface area (Å²) < 4.78 is 0. The molecule has 10 heteroatoms. The van der Waals surface area contributed by atoms with Crippen LogP contribution in [-0.4, -0.2) is 53.7 Å². The van der Waals surface area contributed by atoms with Gasteiger partial charge in [-0.3, -0.25) is 19.2 Å². The van der Waals surface area contributed by atoms with Crippen molar-refractivity contribution in [3.8, 4) is 0 Å². The lowest BCUT2D eigenvalue weighted by molar-refractivity contribution is -0.143. The van der Waals surface area contributed by atoms with Crippen molar-refractivity contribution < 1.29 is 19.2 Å². The summed E-state index contributed by atoms with van der Waals surface area (Å²) >= 11 is 6.09. The maximum absolute atomic E-state index is 13.6. The fourth-order valence-corrected chi connectivity index (χ4v) is 4.61. The third-order valence-electron chi connectivity index (χ3n) is 6.77. The molecule has 2 aromatic carbocycles. The van der Waals surface area contributed by atoms with Crippen molar-refractivity contribution >= 4 is 40.9 Å². The van der Waals surface area contributed by atoms with Crippen LogP contribution in [0.15, 0.2) is 42.5 Å². The number of nitrogens with two attached hydrogens (primary N) is 1. The Balaban J connectivity index is 1.73. The third kappa shape index (κ3) is 8.79. The number of hydrogen-bond acceptors (Lipinski definition) is 5. The monoisotopic (exact) mass is 569 g/mol. The van der Waals surface area contributed by atoms with Gasteiger partial charge in [0, 0.05) is 43.1 Å². The van der Waals surface area contributed by atoms with E-state index in [1.165, 1.54) is 4.90 Å². The molecule has 0 radical (unpaired) electrons. The van der Waals surface area contributed by atoms with Crippen LogP contribution < -0.4 is 21.7 Å². The molecule has 2 aromatic rings. The van der Waals surface area contributed by atoms with Crippen LogP contribution in [0.3, 0.4) is 0 Å². The summed E-state index contributed by atoms with van der Waals surface area (Å²) in [6.45, 7) is 8.80. The van der Waals surface area contributed by atoms with Crippen LogP contribution >= 0.6 is 11.6 Å². The number of aryl methyl sites for hydroxylation is 1.